The van der Waals surface area contributed by atoms with Gasteiger partial charge in [-0.2, -0.15) is 0 Å². The molecule has 2 aliphatic rings. The van der Waals surface area contributed by atoms with Crippen LogP contribution in [0.1, 0.15) is 39.4 Å². The Morgan fingerprint density at radius 3 is 2.73 bits per heavy atom. The lowest BCUT2D eigenvalue weighted by atomic mass is 9.85. The molecule has 5 rings (SSSR count). The van der Waals surface area contributed by atoms with Gasteiger partial charge < -0.3 is 14.2 Å². The summed E-state index contributed by atoms with van der Waals surface area (Å²) in [6.45, 7) is 0. The number of benzene rings is 2. The predicted octanol–water partition coefficient (Wildman–Crippen LogP) is 4.15. The molecule has 0 saturated carbocycles. The first-order chi connectivity index (χ1) is 14.7. The average molecular weight is 399 g/mol. The van der Waals surface area contributed by atoms with Crippen LogP contribution >= 0.6 is 0 Å². The molecular formula is C24H17NO5. The topological polar surface area (TPSA) is 74.7 Å². The molecule has 6 nitrogen and oxygen atoms in total. The number of nitrogens with zero attached hydrogens (tertiary/aromatic N) is 1. The summed E-state index contributed by atoms with van der Waals surface area (Å²) in [6.07, 6.45) is 5.21. The van der Waals surface area contributed by atoms with Crippen molar-refractivity contribution in [3.63, 3.8) is 0 Å². The third-order valence-electron chi connectivity index (χ3n) is 5.29. The number of methoxy groups -OCH3 is 1. The summed E-state index contributed by atoms with van der Waals surface area (Å²) in [5, 5.41) is 0. The number of aromatic nitrogens is 1. The maximum absolute atomic E-state index is 13.0. The van der Waals surface area contributed by atoms with Crippen LogP contribution in [0.5, 0.6) is 17.2 Å². The number of rotatable bonds is 3. The Kier molecular flexibility index (Phi) is 4.32. The maximum Gasteiger partial charge on any atom is 0.312 e. The minimum Gasteiger partial charge on any atom is -0.496 e. The summed E-state index contributed by atoms with van der Waals surface area (Å²) < 4.78 is 16.9. The van der Waals surface area contributed by atoms with E-state index in [4.69, 9.17) is 14.2 Å². The number of carbonyl (C=O) groups is 2. The second-order valence-electron chi connectivity index (χ2n) is 7.05. The minimum absolute atomic E-state index is 0.151. The van der Waals surface area contributed by atoms with E-state index in [1.165, 1.54) is 0 Å². The monoisotopic (exact) mass is 399 g/mol. The minimum atomic E-state index is -0.328. The lowest BCUT2D eigenvalue weighted by Gasteiger charge is -2.26. The number of ether oxygens (including phenoxy) is 3. The van der Waals surface area contributed by atoms with Crippen molar-refractivity contribution in [1.29, 1.82) is 0 Å². The largest absolute Gasteiger partial charge is 0.496 e. The summed E-state index contributed by atoms with van der Waals surface area (Å²) in [6, 6.07) is 14.4. The van der Waals surface area contributed by atoms with Crippen LogP contribution in [0.4, 0.5) is 0 Å². The molecule has 0 fully saturated rings. The third kappa shape index (κ3) is 2.93. The van der Waals surface area contributed by atoms with Crippen LogP contribution in [0, 0.1) is 0 Å². The maximum atomic E-state index is 13.0. The Morgan fingerprint density at radius 1 is 1.07 bits per heavy atom. The van der Waals surface area contributed by atoms with E-state index in [9.17, 15) is 9.59 Å². The molecule has 1 aromatic heterocycles. The van der Waals surface area contributed by atoms with Crippen LogP contribution in [0.15, 0.2) is 66.7 Å². The Bertz CT molecular complexity index is 1200. The highest BCUT2D eigenvalue weighted by Gasteiger charge is 2.38. The van der Waals surface area contributed by atoms with Crippen molar-refractivity contribution in [2.45, 2.75) is 12.3 Å². The number of carbonyl (C=O) groups excluding carboxylic acids is 2. The molecular weight excluding hydrogens is 382 g/mol. The van der Waals surface area contributed by atoms with Crippen LogP contribution < -0.4 is 14.2 Å². The summed E-state index contributed by atoms with van der Waals surface area (Å²) in [5.41, 5.74) is 2.74. The van der Waals surface area contributed by atoms with Gasteiger partial charge in [-0.05, 0) is 35.9 Å². The van der Waals surface area contributed by atoms with E-state index in [2.05, 4.69) is 4.98 Å². The highest BCUT2D eigenvalue weighted by Crippen LogP contribution is 2.48. The molecule has 1 unspecified atom stereocenters. The van der Waals surface area contributed by atoms with E-state index in [-0.39, 0.29) is 29.9 Å². The van der Waals surface area contributed by atoms with Gasteiger partial charge in [-0.25, -0.2) is 0 Å². The van der Waals surface area contributed by atoms with E-state index in [0.29, 0.717) is 28.4 Å². The molecule has 30 heavy (non-hydrogen) atoms. The van der Waals surface area contributed by atoms with E-state index < -0.39 is 0 Å². The van der Waals surface area contributed by atoms with Crippen molar-refractivity contribution in [3.8, 4) is 17.2 Å². The number of pyridine rings is 1. The fraction of sp³-hybridized carbons (Fsp3) is 0.125. The van der Waals surface area contributed by atoms with Gasteiger partial charge in [0, 0.05) is 29.4 Å². The van der Waals surface area contributed by atoms with Crippen LogP contribution in [0.2, 0.25) is 0 Å². The molecule has 2 aliphatic heterocycles. The number of esters is 1. The highest BCUT2D eigenvalue weighted by atomic mass is 16.5. The molecule has 3 heterocycles. The molecule has 0 saturated heterocycles. The van der Waals surface area contributed by atoms with Crippen LogP contribution in [-0.2, 0) is 4.79 Å². The van der Waals surface area contributed by atoms with E-state index in [1.54, 1.807) is 37.7 Å². The predicted molar refractivity (Wildman–Crippen MR) is 109 cm³/mol. The zero-order chi connectivity index (χ0) is 20.7. The van der Waals surface area contributed by atoms with Gasteiger partial charge in [-0.1, -0.05) is 24.3 Å². The molecule has 0 bridgehead atoms. The van der Waals surface area contributed by atoms with E-state index in [1.807, 2.05) is 36.4 Å². The lowest BCUT2D eigenvalue weighted by Crippen LogP contribution is -2.21. The fourth-order valence-corrected chi connectivity index (χ4v) is 3.90. The Balaban J connectivity index is 1.62. The molecule has 0 spiro atoms. The molecule has 3 aromatic rings. The number of Topliss-reactive ketones (excluding diaryl/α,β-unsaturated/α-hetero) is 1. The number of allylic oxidation sites excluding steroid dienone is 1. The van der Waals surface area contributed by atoms with Gasteiger partial charge in [-0.15, -0.1) is 0 Å². The van der Waals surface area contributed by atoms with E-state index >= 15 is 0 Å². The Hall–Kier alpha value is -3.93. The van der Waals surface area contributed by atoms with Crippen molar-refractivity contribution in [2.24, 2.45) is 0 Å². The second-order valence-corrected chi connectivity index (χ2v) is 7.05. The zero-order valence-corrected chi connectivity index (χ0v) is 16.1. The molecule has 0 radical (unpaired) electrons. The lowest BCUT2D eigenvalue weighted by molar-refractivity contribution is -0.135. The number of para-hydroxylation sites is 1. The van der Waals surface area contributed by atoms with Gasteiger partial charge in [-0.3, -0.25) is 14.6 Å². The second kappa shape index (κ2) is 7.15. The average Bonchev–Trinajstić information content (AvgIpc) is 3.09. The number of hydrogen-bond acceptors (Lipinski definition) is 6. The van der Waals surface area contributed by atoms with Crippen molar-refractivity contribution in [3.05, 3.63) is 88.9 Å². The first kappa shape index (κ1) is 18.1. The van der Waals surface area contributed by atoms with Crippen molar-refractivity contribution in [1.82, 2.24) is 4.98 Å². The number of hydrogen-bond donors (Lipinski definition) is 0. The highest BCUT2D eigenvalue weighted by molar-refractivity contribution is 6.15. The molecule has 0 N–H and O–H groups in total. The first-order valence-electron chi connectivity index (χ1n) is 9.50. The molecule has 0 amide bonds. The van der Waals surface area contributed by atoms with Gasteiger partial charge >= 0.3 is 5.97 Å². The first-order valence-corrected chi connectivity index (χ1v) is 9.50. The summed E-state index contributed by atoms with van der Waals surface area (Å²) >= 11 is 0. The third-order valence-corrected chi connectivity index (χ3v) is 5.29. The van der Waals surface area contributed by atoms with Crippen molar-refractivity contribution < 1.29 is 23.8 Å². The molecule has 148 valence electrons. The normalized spacial score (nSPS) is 18.4. The summed E-state index contributed by atoms with van der Waals surface area (Å²) in [7, 11) is 1.58. The molecule has 2 aromatic carbocycles. The summed E-state index contributed by atoms with van der Waals surface area (Å²) in [4.78, 5) is 29.4. The van der Waals surface area contributed by atoms with Gasteiger partial charge in [0.2, 0.25) is 5.78 Å². The quantitative estimate of drug-likeness (QED) is 0.374. The smallest absolute Gasteiger partial charge is 0.312 e. The van der Waals surface area contributed by atoms with Crippen molar-refractivity contribution >= 4 is 17.8 Å². The van der Waals surface area contributed by atoms with Gasteiger partial charge in [0.05, 0.1) is 19.1 Å². The van der Waals surface area contributed by atoms with Crippen LogP contribution in [-0.4, -0.2) is 23.8 Å². The molecule has 1 atom stereocenters. The Morgan fingerprint density at radius 2 is 1.93 bits per heavy atom. The number of ketones is 1. The standard InChI is InChI=1S/C24H17NO5/c1-28-18-7-3-2-5-14(18)11-20-23(27)16-8-9-19-22(24(16)30-20)17(12-21(26)29-19)15-6-4-10-25-13-15/h2-11,13,17H,12H2,1H3/b20-11-. The van der Waals surface area contributed by atoms with Gasteiger partial charge in [0.25, 0.3) is 0 Å². The zero-order valence-electron chi connectivity index (χ0n) is 16.1. The van der Waals surface area contributed by atoms with Gasteiger partial charge in [0.15, 0.2) is 5.76 Å². The molecule has 6 heteroatoms. The van der Waals surface area contributed by atoms with Crippen LogP contribution in [0.25, 0.3) is 6.08 Å². The van der Waals surface area contributed by atoms with Gasteiger partial charge in [0.1, 0.15) is 17.2 Å². The summed E-state index contributed by atoms with van der Waals surface area (Å²) in [5.74, 6) is 0.825. The van der Waals surface area contributed by atoms with Crippen molar-refractivity contribution in [2.75, 3.05) is 7.11 Å². The fourth-order valence-electron chi connectivity index (χ4n) is 3.90. The Labute approximate surface area is 172 Å². The number of fused-ring (bicyclic) bond motifs is 3. The van der Waals surface area contributed by atoms with E-state index in [0.717, 1.165) is 11.1 Å². The SMILES string of the molecule is COc1ccccc1/C=C1\Oc2c(ccc3c2C(c2cccnc2)CC(=O)O3)C1=O. The molecule has 0 aliphatic carbocycles. The van der Waals surface area contributed by atoms with Crippen LogP contribution in [0.3, 0.4) is 0 Å².